The van der Waals surface area contributed by atoms with E-state index in [1.807, 2.05) is 0 Å². The summed E-state index contributed by atoms with van der Waals surface area (Å²) in [6.07, 6.45) is 2.95. The van der Waals surface area contributed by atoms with Gasteiger partial charge in [0.2, 0.25) is 0 Å². The van der Waals surface area contributed by atoms with Crippen LogP contribution in [0.2, 0.25) is 10.0 Å². The molecule has 0 aliphatic heterocycles. The van der Waals surface area contributed by atoms with Gasteiger partial charge in [-0.2, -0.15) is 0 Å². The number of benzene rings is 1. The minimum atomic E-state index is 0.518. The lowest BCUT2D eigenvalue weighted by Gasteiger charge is -2.11. The molecule has 1 aromatic heterocycles. The highest BCUT2D eigenvalue weighted by molar-refractivity contribution is 6.38. The van der Waals surface area contributed by atoms with Crippen LogP contribution in [0.3, 0.4) is 0 Å². The first-order valence-corrected chi connectivity index (χ1v) is 6.77. The van der Waals surface area contributed by atoms with E-state index in [1.54, 1.807) is 18.2 Å². The molecule has 0 unspecified atom stereocenters. The van der Waals surface area contributed by atoms with Gasteiger partial charge in [-0.25, -0.2) is 15.8 Å². The van der Waals surface area contributed by atoms with Crippen LogP contribution in [0.25, 0.3) is 11.4 Å². The van der Waals surface area contributed by atoms with Crippen LogP contribution in [0.1, 0.15) is 17.7 Å². The number of fused-ring (bicyclic) bond motifs is 1. The van der Waals surface area contributed by atoms with Crippen molar-refractivity contribution >= 4 is 29.0 Å². The summed E-state index contributed by atoms with van der Waals surface area (Å²) in [6, 6.07) is 5.34. The van der Waals surface area contributed by atoms with Crippen LogP contribution in [-0.2, 0) is 12.8 Å². The standard InChI is InChI=1S/C13H12Cl2N4/c14-8-4-2-5-9(15)11(8)13-17-10-6-1-3-7(10)12(18-13)19-16/h2,4-5H,1,3,6,16H2,(H,17,18,19). The monoisotopic (exact) mass is 294 g/mol. The number of aromatic nitrogens is 2. The fraction of sp³-hybridized carbons (Fsp3) is 0.231. The van der Waals surface area contributed by atoms with Gasteiger partial charge in [0, 0.05) is 11.3 Å². The predicted octanol–water partition coefficient (Wildman–Crippen LogP) is 3.22. The van der Waals surface area contributed by atoms with Crippen LogP contribution in [-0.4, -0.2) is 9.97 Å². The van der Waals surface area contributed by atoms with Gasteiger partial charge in [-0.15, -0.1) is 0 Å². The Hall–Kier alpha value is -1.36. The van der Waals surface area contributed by atoms with Crippen LogP contribution in [0.15, 0.2) is 18.2 Å². The number of hydrogen-bond donors (Lipinski definition) is 2. The van der Waals surface area contributed by atoms with E-state index in [-0.39, 0.29) is 0 Å². The Kier molecular flexibility index (Phi) is 3.31. The van der Waals surface area contributed by atoms with Crippen molar-refractivity contribution in [2.24, 2.45) is 5.84 Å². The molecule has 0 amide bonds. The van der Waals surface area contributed by atoms with E-state index in [4.69, 9.17) is 29.0 Å². The number of hydrazine groups is 1. The van der Waals surface area contributed by atoms with E-state index in [2.05, 4.69) is 15.4 Å². The molecule has 6 heteroatoms. The zero-order valence-electron chi connectivity index (χ0n) is 10.1. The Morgan fingerprint density at radius 2 is 1.84 bits per heavy atom. The van der Waals surface area contributed by atoms with E-state index < -0.39 is 0 Å². The van der Waals surface area contributed by atoms with E-state index in [0.29, 0.717) is 27.3 Å². The van der Waals surface area contributed by atoms with Gasteiger partial charge in [0.1, 0.15) is 5.82 Å². The molecule has 19 heavy (non-hydrogen) atoms. The average Bonchev–Trinajstić information content (AvgIpc) is 2.85. The van der Waals surface area contributed by atoms with Gasteiger partial charge in [-0.3, -0.25) is 0 Å². The Morgan fingerprint density at radius 1 is 1.11 bits per heavy atom. The Balaban J connectivity index is 2.21. The van der Waals surface area contributed by atoms with Gasteiger partial charge >= 0.3 is 0 Å². The average molecular weight is 295 g/mol. The van der Waals surface area contributed by atoms with Gasteiger partial charge < -0.3 is 5.43 Å². The molecule has 4 nitrogen and oxygen atoms in total. The quantitative estimate of drug-likeness (QED) is 0.659. The molecule has 2 aromatic rings. The summed E-state index contributed by atoms with van der Waals surface area (Å²) in [5.41, 5.74) is 5.40. The van der Waals surface area contributed by atoms with Crippen LogP contribution in [0.5, 0.6) is 0 Å². The lowest BCUT2D eigenvalue weighted by molar-refractivity contribution is 0.900. The van der Waals surface area contributed by atoms with Crippen LogP contribution >= 0.6 is 23.2 Å². The fourth-order valence-corrected chi connectivity index (χ4v) is 2.94. The van der Waals surface area contributed by atoms with E-state index in [0.717, 1.165) is 30.5 Å². The Morgan fingerprint density at radius 3 is 2.53 bits per heavy atom. The second-order valence-electron chi connectivity index (χ2n) is 4.42. The molecule has 1 aliphatic carbocycles. The lowest BCUT2D eigenvalue weighted by atomic mass is 10.2. The number of hydrogen-bond acceptors (Lipinski definition) is 4. The zero-order chi connectivity index (χ0) is 13.4. The molecule has 3 rings (SSSR count). The lowest BCUT2D eigenvalue weighted by Crippen LogP contribution is -2.13. The van der Waals surface area contributed by atoms with E-state index >= 15 is 0 Å². The normalized spacial score (nSPS) is 13.4. The first-order chi connectivity index (χ1) is 9.20. The minimum absolute atomic E-state index is 0.518. The van der Waals surface area contributed by atoms with Crippen LogP contribution in [0, 0.1) is 0 Å². The second kappa shape index (κ2) is 4.96. The molecule has 0 atom stereocenters. The van der Waals surface area contributed by atoms with Crippen molar-refractivity contribution in [3.8, 4) is 11.4 Å². The third-order valence-corrected chi connectivity index (χ3v) is 3.89. The zero-order valence-corrected chi connectivity index (χ0v) is 11.6. The number of halogens is 2. The summed E-state index contributed by atoms with van der Waals surface area (Å²) in [4.78, 5) is 9.02. The number of rotatable bonds is 2. The molecule has 1 heterocycles. The second-order valence-corrected chi connectivity index (χ2v) is 5.23. The SMILES string of the molecule is NNc1nc(-c2c(Cl)cccc2Cl)nc2c1CCC2. The fourth-order valence-electron chi connectivity index (χ4n) is 2.38. The number of nitrogens with one attached hydrogen (secondary N) is 1. The topological polar surface area (TPSA) is 63.8 Å². The number of nitrogen functional groups attached to an aromatic ring is 1. The highest BCUT2D eigenvalue weighted by Gasteiger charge is 2.21. The molecule has 1 aliphatic rings. The minimum Gasteiger partial charge on any atom is -0.308 e. The van der Waals surface area contributed by atoms with Gasteiger partial charge in [0.05, 0.1) is 15.6 Å². The predicted molar refractivity (Wildman–Crippen MR) is 77.3 cm³/mol. The van der Waals surface area contributed by atoms with Gasteiger partial charge in [0.25, 0.3) is 0 Å². The van der Waals surface area contributed by atoms with Crippen molar-refractivity contribution < 1.29 is 0 Å². The van der Waals surface area contributed by atoms with Crippen molar-refractivity contribution in [3.63, 3.8) is 0 Å². The van der Waals surface area contributed by atoms with Crippen molar-refractivity contribution in [3.05, 3.63) is 39.5 Å². The van der Waals surface area contributed by atoms with E-state index in [1.165, 1.54) is 0 Å². The number of aryl methyl sites for hydroxylation is 1. The third kappa shape index (κ3) is 2.16. The Bertz CT molecular complexity index is 623. The smallest absolute Gasteiger partial charge is 0.164 e. The number of nitrogens with two attached hydrogens (primary N) is 1. The summed E-state index contributed by atoms with van der Waals surface area (Å²) in [5, 5.41) is 1.07. The van der Waals surface area contributed by atoms with Crippen molar-refractivity contribution in [2.45, 2.75) is 19.3 Å². The summed E-state index contributed by atoms with van der Waals surface area (Å²) in [7, 11) is 0. The molecule has 0 fully saturated rings. The molecule has 0 radical (unpaired) electrons. The molecule has 3 N–H and O–H groups in total. The third-order valence-electron chi connectivity index (χ3n) is 3.26. The summed E-state index contributed by atoms with van der Waals surface area (Å²) in [5.74, 6) is 6.72. The molecular weight excluding hydrogens is 283 g/mol. The molecule has 0 bridgehead atoms. The van der Waals surface area contributed by atoms with Gasteiger partial charge in [-0.05, 0) is 31.4 Å². The van der Waals surface area contributed by atoms with Crippen molar-refractivity contribution in [2.75, 3.05) is 5.43 Å². The van der Waals surface area contributed by atoms with Crippen molar-refractivity contribution in [1.82, 2.24) is 9.97 Å². The molecule has 0 spiro atoms. The maximum absolute atomic E-state index is 6.19. The van der Waals surface area contributed by atoms with Gasteiger partial charge in [0.15, 0.2) is 5.82 Å². The maximum Gasteiger partial charge on any atom is 0.164 e. The van der Waals surface area contributed by atoms with E-state index in [9.17, 15) is 0 Å². The molecule has 0 saturated heterocycles. The Labute approximate surface area is 120 Å². The maximum atomic E-state index is 6.19. The van der Waals surface area contributed by atoms with Crippen molar-refractivity contribution in [1.29, 1.82) is 0 Å². The summed E-state index contributed by atoms with van der Waals surface area (Å²) >= 11 is 12.4. The van der Waals surface area contributed by atoms with Crippen LogP contribution < -0.4 is 11.3 Å². The van der Waals surface area contributed by atoms with Crippen LogP contribution in [0.4, 0.5) is 5.82 Å². The largest absolute Gasteiger partial charge is 0.308 e. The number of anilines is 1. The first kappa shape index (κ1) is 12.7. The first-order valence-electron chi connectivity index (χ1n) is 6.01. The highest BCUT2D eigenvalue weighted by Crippen LogP contribution is 2.35. The molecule has 98 valence electrons. The van der Waals surface area contributed by atoms with Gasteiger partial charge in [-0.1, -0.05) is 29.3 Å². The summed E-state index contributed by atoms with van der Waals surface area (Å²) in [6.45, 7) is 0. The molecule has 0 saturated carbocycles. The summed E-state index contributed by atoms with van der Waals surface area (Å²) < 4.78 is 0. The molecule has 1 aromatic carbocycles. The number of nitrogens with zero attached hydrogens (tertiary/aromatic N) is 2. The molecular formula is C13H12Cl2N4. The highest BCUT2D eigenvalue weighted by atomic mass is 35.5.